The first-order valence-corrected chi connectivity index (χ1v) is 4.90. The topological polar surface area (TPSA) is 35.2 Å². The van der Waals surface area contributed by atoms with Crippen LogP contribution >= 0.6 is 0 Å². The van der Waals surface area contributed by atoms with E-state index in [1.165, 1.54) is 6.08 Å². The lowest BCUT2D eigenvalue weighted by atomic mass is 9.94. The second kappa shape index (κ2) is 4.49. The van der Waals surface area contributed by atoms with Crippen LogP contribution in [0.4, 0.5) is 26.3 Å². The predicted octanol–water partition coefficient (Wildman–Crippen LogP) is 3.06. The van der Waals surface area contributed by atoms with Gasteiger partial charge in [0.05, 0.1) is 0 Å². The van der Waals surface area contributed by atoms with E-state index < -0.39 is 29.8 Å². The Balaban J connectivity index is 2.74. The molecule has 104 valence electrons. The van der Waals surface area contributed by atoms with Crippen LogP contribution in [0.2, 0.25) is 0 Å². The first kappa shape index (κ1) is 14.9. The SMILES string of the molecule is CC1(N)C=CC(OC(F)(F)C(F)C(F)(F)F)=CC1. The van der Waals surface area contributed by atoms with Crippen LogP contribution in [0, 0.1) is 0 Å². The predicted molar refractivity (Wildman–Crippen MR) is 51.4 cm³/mol. The fourth-order valence-electron chi connectivity index (χ4n) is 1.20. The molecule has 2 nitrogen and oxygen atoms in total. The monoisotopic (exact) mass is 275 g/mol. The van der Waals surface area contributed by atoms with E-state index in [0.717, 1.165) is 12.2 Å². The van der Waals surface area contributed by atoms with E-state index in [0.29, 0.717) is 0 Å². The van der Waals surface area contributed by atoms with E-state index >= 15 is 0 Å². The third kappa shape index (κ3) is 3.66. The standard InChI is InChI=1S/C10H11F6NO/c1-8(17)4-2-6(3-5-8)18-10(15,16)7(11)9(12,13)14/h2-4,7H,5,17H2,1H3. The molecule has 0 aromatic carbocycles. The molecule has 2 N–H and O–H groups in total. The third-order valence-corrected chi connectivity index (χ3v) is 2.21. The molecule has 0 heterocycles. The van der Waals surface area contributed by atoms with E-state index in [9.17, 15) is 26.3 Å². The van der Waals surface area contributed by atoms with E-state index in [1.807, 2.05) is 0 Å². The van der Waals surface area contributed by atoms with Crippen molar-refractivity contribution in [1.29, 1.82) is 0 Å². The largest absolute Gasteiger partial charge is 0.439 e. The molecule has 18 heavy (non-hydrogen) atoms. The first-order chi connectivity index (χ1) is 7.94. The summed E-state index contributed by atoms with van der Waals surface area (Å²) in [5, 5.41) is 0. The average Bonchev–Trinajstić information content (AvgIpc) is 2.19. The van der Waals surface area contributed by atoms with Crippen LogP contribution < -0.4 is 5.73 Å². The average molecular weight is 275 g/mol. The molecule has 0 radical (unpaired) electrons. The van der Waals surface area contributed by atoms with Gasteiger partial charge in [-0.25, -0.2) is 4.39 Å². The van der Waals surface area contributed by atoms with Gasteiger partial charge in [-0.15, -0.1) is 0 Å². The summed E-state index contributed by atoms with van der Waals surface area (Å²) >= 11 is 0. The van der Waals surface area contributed by atoms with Crippen LogP contribution in [-0.2, 0) is 4.74 Å². The van der Waals surface area contributed by atoms with Crippen molar-refractivity contribution < 1.29 is 31.1 Å². The van der Waals surface area contributed by atoms with Crippen molar-refractivity contribution in [1.82, 2.24) is 0 Å². The molecular formula is C10H11F6NO. The molecule has 1 aliphatic carbocycles. The van der Waals surface area contributed by atoms with Crippen molar-refractivity contribution >= 4 is 0 Å². The summed E-state index contributed by atoms with van der Waals surface area (Å²) in [5.41, 5.74) is 4.81. The minimum atomic E-state index is -5.69. The van der Waals surface area contributed by atoms with Gasteiger partial charge in [-0.3, -0.25) is 0 Å². The summed E-state index contributed by atoms with van der Waals surface area (Å²) in [4.78, 5) is 0. The van der Waals surface area contributed by atoms with Crippen LogP contribution in [0.1, 0.15) is 13.3 Å². The maximum atomic E-state index is 12.9. The van der Waals surface area contributed by atoms with E-state index in [4.69, 9.17) is 5.73 Å². The van der Waals surface area contributed by atoms with Crippen molar-refractivity contribution in [2.24, 2.45) is 5.73 Å². The van der Waals surface area contributed by atoms with Crippen molar-refractivity contribution in [2.45, 2.75) is 37.3 Å². The lowest BCUT2D eigenvalue weighted by molar-refractivity contribution is -0.322. The molecule has 0 saturated heterocycles. The van der Waals surface area contributed by atoms with Gasteiger partial charge in [0.2, 0.25) is 0 Å². The van der Waals surface area contributed by atoms with Crippen LogP contribution in [0.25, 0.3) is 0 Å². The normalized spacial score (nSPS) is 26.8. The highest BCUT2D eigenvalue weighted by Crippen LogP contribution is 2.37. The fraction of sp³-hybridized carbons (Fsp3) is 0.600. The molecule has 0 aliphatic heterocycles. The van der Waals surface area contributed by atoms with Gasteiger partial charge in [-0.2, -0.15) is 22.0 Å². The van der Waals surface area contributed by atoms with Gasteiger partial charge in [-0.1, -0.05) is 6.08 Å². The molecule has 0 amide bonds. The highest BCUT2D eigenvalue weighted by molar-refractivity contribution is 5.24. The molecule has 1 aliphatic rings. The highest BCUT2D eigenvalue weighted by Gasteiger charge is 2.59. The van der Waals surface area contributed by atoms with Crippen LogP contribution in [-0.4, -0.2) is 24.0 Å². The Labute approximate surface area is 99.1 Å². The Bertz CT molecular complexity index is 371. The zero-order chi connectivity index (χ0) is 14.2. The number of hydrogen-bond donors (Lipinski definition) is 1. The van der Waals surface area contributed by atoms with Gasteiger partial charge in [-0.05, 0) is 25.5 Å². The van der Waals surface area contributed by atoms with E-state index in [-0.39, 0.29) is 6.42 Å². The molecule has 0 aromatic heterocycles. The lowest BCUT2D eigenvalue weighted by Crippen LogP contribution is -2.43. The number of rotatable bonds is 3. The molecule has 8 heteroatoms. The second-order valence-corrected chi connectivity index (χ2v) is 4.22. The number of hydrogen-bond acceptors (Lipinski definition) is 2. The van der Waals surface area contributed by atoms with Crippen LogP contribution in [0.15, 0.2) is 24.0 Å². The summed E-state index contributed by atoms with van der Waals surface area (Å²) < 4.78 is 77.5. The summed E-state index contributed by atoms with van der Waals surface area (Å²) in [7, 11) is 0. The molecule has 0 aromatic rings. The summed E-state index contributed by atoms with van der Waals surface area (Å²) in [6.45, 7) is 1.59. The zero-order valence-electron chi connectivity index (χ0n) is 9.27. The van der Waals surface area contributed by atoms with E-state index in [2.05, 4.69) is 4.74 Å². The Hall–Kier alpha value is -1.18. The van der Waals surface area contributed by atoms with Crippen molar-refractivity contribution in [3.8, 4) is 0 Å². The number of halogens is 6. The maximum absolute atomic E-state index is 12.9. The third-order valence-electron chi connectivity index (χ3n) is 2.21. The van der Waals surface area contributed by atoms with Gasteiger partial charge >= 0.3 is 12.3 Å². The Morgan fingerprint density at radius 2 is 1.89 bits per heavy atom. The number of allylic oxidation sites excluding steroid dienone is 1. The van der Waals surface area contributed by atoms with Crippen molar-refractivity contribution in [2.75, 3.05) is 0 Å². The van der Waals surface area contributed by atoms with Gasteiger partial charge in [0.1, 0.15) is 5.76 Å². The maximum Gasteiger partial charge on any atom is 0.439 e. The van der Waals surface area contributed by atoms with E-state index in [1.54, 1.807) is 6.92 Å². The minimum absolute atomic E-state index is 0.0951. The summed E-state index contributed by atoms with van der Waals surface area (Å²) in [6.07, 6.45) is -11.6. The summed E-state index contributed by atoms with van der Waals surface area (Å²) in [5.74, 6) is -0.546. The second-order valence-electron chi connectivity index (χ2n) is 4.22. The van der Waals surface area contributed by atoms with Crippen molar-refractivity contribution in [3.05, 3.63) is 24.0 Å². The Kier molecular flexibility index (Phi) is 3.71. The smallest absolute Gasteiger partial charge is 0.431 e. The van der Waals surface area contributed by atoms with Crippen LogP contribution in [0.5, 0.6) is 0 Å². The molecule has 2 atom stereocenters. The Morgan fingerprint density at radius 1 is 1.33 bits per heavy atom. The fourth-order valence-corrected chi connectivity index (χ4v) is 1.20. The van der Waals surface area contributed by atoms with Gasteiger partial charge < -0.3 is 10.5 Å². The molecule has 0 fully saturated rings. The minimum Gasteiger partial charge on any atom is -0.431 e. The molecule has 0 bridgehead atoms. The highest BCUT2D eigenvalue weighted by atomic mass is 19.4. The molecule has 0 spiro atoms. The molecule has 0 saturated carbocycles. The number of nitrogens with two attached hydrogens (primary N) is 1. The molecule has 1 rings (SSSR count). The van der Waals surface area contributed by atoms with Crippen molar-refractivity contribution in [3.63, 3.8) is 0 Å². The quantitative estimate of drug-likeness (QED) is 0.803. The van der Waals surface area contributed by atoms with Gasteiger partial charge in [0.25, 0.3) is 6.17 Å². The van der Waals surface area contributed by atoms with Crippen LogP contribution in [0.3, 0.4) is 0 Å². The first-order valence-electron chi connectivity index (χ1n) is 4.90. The number of ether oxygens (including phenoxy) is 1. The molecular weight excluding hydrogens is 264 g/mol. The Morgan fingerprint density at radius 3 is 2.28 bits per heavy atom. The molecule has 2 unspecified atom stereocenters. The lowest BCUT2D eigenvalue weighted by Gasteiger charge is -2.27. The summed E-state index contributed by atoms with van der Waals surface area (Å²) in [6, 6.07) is 0. The van der Waals surface area contributed by atoms with Gasteiger partial charge in [0.15, 0.2) is 0 Å². The zero-order valence-corrected chi connectivity index (χ0v) is 9.27. The number of alkyl halides is 6. The van der Waals surface area contributed by atoms with Gasteiger partial charge in [0, 0.05) is 5.54 Å².